The lowest BCUT2D eigenvalue weighted by Gasteiger charge is -2.08. The van der Waals surface area contributed by atoms with E-state index in [1.165, 1.54) is 17.7 Å². The van der Waals surface area contributed by atoms with Crippen molar-refractivity contribution in [3.05, 3.63) is 80.7 Å². The van der Waals surface area contributed by atoms with Gasteiger partial charge in [0.2, 0.25) is 0 Å². The molecule has 0 aliphatic carbocycles. The molecule has 27 heavy (non-hydrogen) atoms. The highest BCUT2D eigenvalue weighted by molar-refractivity contribution is 5.93. The molecule has 4 nitrogen and oxygen atoms in total. The van der Waals surface area contributed by atoms with E-state index in [0.717, 1.165) is 18.4 Å². The summed E-state index contributed by atoms with van der Waals surface area (Å²) in [4.78, 5) is 24.2. The van der Waals surface area contributed by atoms with Gasteiger partial charge in [0.25, 0.3) is 0 Å². The Balaban J connectivity index is 2.15. The van der Waals surface area contributed by atoms with Gasteiger partial charge < -0.3 is 9.52 Å². The van der Waals surface area contributed by atoms with E-state index in [-0.39, 0.29) is 11.0 Å². The Morgan fingerprint density at radius 3 is 2.59 bits per heavy atom. The van der Waals surface area contributed by atoms with Gasteiger partial charge in [-0.2, -0.15) is 0 Å². The van der Waals surface area contributed by atoms with Crippen LogP contribution in [0.15, 0.2) is 51.7 Å². The largest absolute Gasteiger partial charge is 0.478 e. The normalized spacial score (nSPS) is 11.3. The molecule has 0 saturated heterocycles. The van der Waals surface area contributed by atoms with E-state index in [4.69, 9.17) is 4.42 Å². The maximum atomic E-state index is 13.0. The Hall–Kier alpha value is -3.14. The third-order valence-electron chi connectivity index (χ3n) is 4.61. The van der Waals surface area contributed by atoms with Gasteiger partial charge in [0.1, 0.15) is 11.3 Å². The fourth-order valence-electron chi connectivity index (χ4n) is 3.19. The van der Waals surface area contributed by atoms with Gasteiger partial charge in [-0.1, -0.05) is 50.6 Å². The molecule has 138 valence electrons. The van der Waals surface area contributed by atoms with Gasteiger partial charge in [0.05, 0.1) is 10.9 Å². The number of aromatic carboxylic acids is 1. The Kier molecular flexibility index (Phi) is 5.55. The van der Waals surface area contributed by atoms with Crippen LogP contribution in [0.4, 0.5) is 0 Å². The quantitative estimate of drug-likeness (QED) is 0.656. The van der Waals surface area contributed by atoms with E-state index in [9.17, 15) is 14.7 Å². The molecule has 0 spiro atoms. The minimum atomic E-state index is -1.06. The molecule has 0 unspecified atom stereocenters. The van der Waals surface area contributed by atoms with Crippen LogP contribution in [0.5, 0.6) is 0 Å². The van der Waals surface area contributed by atoms with Crippen LogP contribution in [-0.4, -0.2) is 11.1 Å². The van der Waals surface area contributed by atoms with E-state index in [0.29, 0.717) is 28.7 Å². The molecule has 0 amide bonds. The summed E-state index contributed by atoms with van der Waals surface area (Å²) in [6.07, 6.45) is 6.09. The molecule has 3 rings (SSSR count). The number of carboxylic acid groups (broad SMARTS) is 1. The zero-order valence-corrected chi connectivity index (χ0v) is 15.5. The monoisotopic (exact) mass is 362 g/mol. The second kappa shape index (κ2) is 8.04. The van der Waals surface area contributed by atoms with Crippen molar-refractivity contribution in [2.45, 2.75) is 33.1 Å². The highest BCUT2D eigenvalue weighted by Crippen LogP contribution is 2.21. The number of carbonyl (C=O) groups is 1. The van der Waals surface area contributed by atoms with Crippen LogP contribution in [0.3, 0.4) is 0 Å². The summed E-state index contributed by atoms with van der Waals surface area (Å²) in [5, 5.41) is 9.49. The second-order valence-electron chi connectivity index (χ2n) is 6.43. The van der Waals surface area contributed by atoms with E-state index in [2.05, 4.69) is 13.0 Å². The molecule has 1 N–H and O–H groups in total. The van der Waals surface area contributed by atoms with E-state index < -0.39 is 5.97 Å². The van der Waals surface area contributed by atoms with Crippen LogP contribution >= 0.6 is 0 Å². The fraction of sp³-hybridized carbons (Fsp3) is 0.217. The van der Waals surface area contributed by atoms with Crippen LogP contribution in [0, 0.1) is 0 Å². The summed E-state index contributed by atoms with van der Waals surface area (Å²) in [6, 6.07) is 12.5. The van der Waals surface area contributed by atoms with Gasteiger partial charge in [-0.05, 0) is 48.2 Å². The molecule has 0 saturated carbocycles. The minimum absolute atomic E-state index is 0.0809. The fourth-order valence-corrected chi connectivity index (χ4v) is 3.19. The van der Waals surface area contributed by atoms with Gasteiger partial charge in [0.15, 0.2) is 5.43 Å². The van der Waals surface area contributed by atoms with Crippen molar-refractivity contribution in [3.8, 4) is 0 Å². The van der Waals surface area contributed by atoms with Crippen molar-refractivity contribution in [2.75, 3.05) is 0 Å². The van der Waals surface area contributed by atoms with Crippen LogP contribution < -0.4 is 5.43 Å². The van der Waals surface area contributed by atoms with Crippen molar-refractivity contribution in [1.82, 2.24) is 0 Å². The SMILES string of the molecule is CCCc1c(/C=C/c2ccccc2CC)oc2ccc(C(=O)O)cc2c1=O. The third-order valence-corrected chi connectivity index (χ3v) is 4.61. The lowest BCUT2D eigenvalue weighted by molar-refractivity contribution is 0.0697. The van der Waals surface area contributed by atoms with Crippen molar-refractivity contribution in [2.24, 2.45) is 0 Å². The predicted molar refractivity (Wildman–Crippen MR) is 108 cm³/mol. The van der Waals surface area contributed by atoms with Gasteiger partial charge in [0, 0.05) is 5.56 Å². The highest BCUT2D eigenvalue weighted by Gasteiger charge is 2.14. The Labute approximate surface area is 157 Å². The van der Waals surface area contributed by atoms with Crippen LogP contribution in [-0.2, 0) is 12.8 Å². The average Bonchev–Trinajstić information content (AvgIpc) is 2.68. The molecule has 0 aliphatic heterocycles. The molecule has 0 bridgehead atoms. The molecule has 1 heterocycles. The lowest BCUT2D eigenvalue weighted by Crippen LogP contribution is -2.12. The van der Waals surface area contributed by atoms with Gasteiger partial charge in [-0.3, -0.25) is 4.79 Å². The first-order valence-electron chi connectivity index (χ1n) is 9.14. The maximum absolute atomic E-state index is 13.0. The summed E-state index contributed by atoms with van der Waals surface area (Å²) < 4.78 is 5.98. The first-order valence-corrected chi connectivity index (χ1v) is 9.14. The number of hydrogen-bond acceptors (Lipinski definition) is 3. The zero-order valence-electron chi connectivity index (χ0n) is 15.5. The van der Waals surface area contributed by atoms with Crippen LogP contribution in [0.25, 0.3) is 23.1 Å². The number of benzene rings is 2. The van der Waals surface area contributed by atoms with Crippen LogP contribution in [0.1, 0.15) is 53.1 Å². The number of carboxylic acids is 1. The summed E-state index contributed by atoms with van der Waals surface area (Å²) in [6.45, 7) is 4.10. The van der Waals surface area contributed by atoms with Crippen LogP contribution in [0.2, 0.25) is 0 Å². The summed E-state index contributed by atoms with van der Waals surface area (Å²) in [7, 11) is 0. The molecule has 3 aromatic rings. The zero-order chi connectivity index (χ0) is 19.4. The number of fused-ring (bicyclic) bond motifs is 1. The van der Waals surface area contributed by atoms with E-state index >= 15 is 0 Å². The average molecular weight is 362 g/mol. The molecular weight excluding hydrogens is 340 g/mol. The third kappa shape index (κ3) is 3.85. The number of aryl methyl sites for hydroxylation is 1. The highest BCUT2D eigenvalue weighted by atomic mass is 16.4. The first kappa shape index (κ1) is 18.6. The van der Waals surface area contributed by atoms with Gasteiger partial charge >= 0.3 is 5.97 Å². The Bertz CT molecular complexity index is 1070. The van der Waals surface area contributed by atoms with Crippen molar-refractivity contribution in [3.63, 3.8) is 0 Å². The van der Waals surface area contributed by atoms with Crippen molar-refractivity contribution >= 4 is 29.1 Å². The molecule has 1 aromatic heterocycles. The number of rotatable bonds is 6. The van der Waals surface area contributed by atoms with E-state index in [1.54, 1.807) is 6.07 Å². The molecule has 0 radical (unpaired) electrons. The topological polar surface area (TPSA) is 67.5 Å². The van der Waals surface area contributed by atoms with Crippen molar-refractivity contribution in [1.29, 1.82) is 0 Å². The lowest BCUT2D eigenvalue weighted by atomic mass is 10.0. The summed E-state index contributed by atoms with van der Waals surface area (Å²) in [5.74, 6) is -0.531. The molecule has 0 atom stereocenters. The van der Waals surface area contributed by atoms with Gasteiger partial charge in [-0.15, -0.1) is 0 Å². The standard InChI is InChI=1S/C23H22O4/c1-3-7-18-20(12-10-16-9-6-5-8-15(16)4-2)27-21-13-11-17(23(25)26)14-19(21)22(18)24/h5-6,8-14H,3-4,7H2,1-2H3,(H,25,26)/b12-10+. The van der Waals surface area contributed by atoms with Crippen molar-refractivity contribution < 1.29 is 14.3 Å². The molecule has 2 aromatic carbocycles. The molecule has 4 heteroatoms. The Morgan fingerprint density at radius 2 is 1.89 bits per heavy atom. The summed E-state index contributed by atoms with van der Waals surface area (Å²) in [5.41, 5.74) is 3.21. The molecular formula is C23H22O4. The molecule has 0 aliphatic rings. The predicted octanol–water partition coefficient (Wildman–Crippen LogP) is 5.18. The number of hydrogen-bond donors (Lipinski definition) is 1. The first-order chi connectivity index (χ1) is 13.0. The van der Waals surface area contributed by atoms with Gasteiger partial charge in [-0.25, -0.2) is 4.79 Å². The second-order valence-corrected chi connectivity index (χ2v) is 6.43. The summed E-state index contributed by atoms with van der Waals surface area (Å²) >= 11 is 0. The Morgan fingerprint density at radius 1 is 1.11 bits per heavy atom. The maximum Gasteiger partial charge on any atom is 0.335 e. The minimum Gasteiger partial charge on any atom is -0.478 e. The van der Waals surface area contributed by atoms with E-state index in [1.807, 2.05) is 37.3 Å². The molecule has 0 fully saturated rings. The smallest absolute Gasteiger partial charge is 0.335 e.